The zero-order valence-electron chi connectivity index (χ0n) is 11.1. The lowest BCUT2D eigenvalue weighted by Gasteiger charge is -2.37. The average molecular weight is 296 g/mol. The molecule has 20 heavy (non-hydrogen) atoms. The smallest absolute Gasteiger partial charge is 0.401 e. The lowest BCUT2D eigenvalue weighted by Crippen LogP contribution is -2.53. The topological polar surface area (TPSA) is 78.4 Å². The van der Waals surface area contributed by atoms with Crippen LogP contribution in [0.1, 0.15) is 38.5 Å². The van der Waals surface area contributed by atoms with Crippen LogP contribution in [0, 0.1) is 0 Å². The number of carboxylic acids is 1. The lowest BCUT2D eigenvalue weighted by atomic mass is 9.79. The normalized spacial score (nSPS) is 18.6. The second-order valence-electron chi connectivity index (χ2n) is 5.18. The van der Waals surface area contributed by atoms with Crippen LogP contribution in [0.25, 0.3) is 0 Å². The van der Waals surface area contributed by atoms with E-state index in [4.69, 9.17) is 5.11 Å². The summed E-state index contributed by atoms with van der Waals surface area (Å²) in [6.07, 6.45) is -0.882. The molecule has 0 unspecified atom stereocenters. The first-order valence-electron chi connectivity index (χ1n) is 6.53. The Bertz CT molecular complexity index is 352. The molecule has 0 aliphatic heterocycles. The van der Waals surface area contributed by atoms with E-state index in [0.29, 0.717) is 12.8 Å². The summed E-state index contributed by atoms with van der Waals surface area (Å²) < 4.78 is 35.8. The number of rotatable bonds is 6. The summed E-state index contributed by atoms with van der Waals surface area (Å²) in [6, 6.07) is 0. The molecule has 0 heterocycles. The molecule has 0 radical (unpaired) electrons. The molecule has 1 saturated carbocycles. The maximum atomic E-state index is 11.9. The highest BCUT2D eigenvalue weighted by molar-refractivity contribution is 5.80. The zero-order valence-corrected chi connectivity index (χ0v) is 11.1. The minimum atomic E-state index is -4.37. The first-order chi connectivity index (χ1) is 9.22. The molecule has 5 nitrogen and oxygen atoms in total. The van der Waals surface area contributed by atoms with E-state index in [1.54, 1.807) is 0 Å². The molecular formula is C12H19F3N2O3. The summed E-state index contributed by atoms with van der Waals surface area (Å²) in [4.78, 5) is 22.5. The van der Waals surface area contributed by atoms with Crippen molar-refractivity contribution >= 4 is 11.9 Å². The van der Waals surface area contributed by atoms with Crippen molar-refractivity contribution in [2.75, 3.05) is 13.1 Å². The van der Waals surface area contributed by atoms with Crippen LogP contribution in [-0.4, -0.2) is 41.8 Å². The maximum absolute atomic E-state index is 11.9. The first kappa shape index (κ1) is 16.7. The van der Waals surface area contributed by atoms with Gasteiger partial charge in [0.15, 0.2) is 0 Å². The van der Waals surface area contributed by atoms with Crippen molar-refractivity contribution in [2.24, 2.45) is 0 Å². The van der Waals surface area contributed by atoms with Crippen molar-refractivity contribution in [3.8, 4) is 0 Å². The number of amides is 1. The molecule has 116 valence electrons. The number of alkyl halides is 3. The van der Waals surface area contributed by atoms with Crippen LogP contribution in [0.4, 0.5) is 13.2 Å². The van der Waals surface area contributed by atoms with Crippen LogP contribution < -0.4 is 10.6 Å². The van der Waals surface area contributed by atoms with Gasteiger partial charge in [-0.15, -0.1) is 0 Å². The second kappa shape index (κ2) is 6.92. The van der Waals surface area contributed by atoms with E-state index >= 15 is 0 Å². The summed E-state index contributed by atoms with van der Waals surface area (Å²) in [5, 5.41) is 13.5. The van der Waals surface area contributed by atoms with Gasteiger partial charge in [-0.25, -0.2) is 0 Å². The fourth-order valence-corrected chi connectivity index (χ4v) is 2.52. The molecule has 1 aliphatic rings. The van der Waals surface area contributed by atoms with Gasteiger partial charge in [-0.2, -0.15) is 13.2 Å². The Labute approximate surface area is 114 Å². The van der Waals surface area contributed by atoms with Gasteiger partial charge in [-0.05, 0) is 12.8 Å². The molecule has 1 aliphatic carbocycles. The Balaban J connectivity index is 2.48. The van der Waals surface area contributed by atoms with Crippen LogP contribution in [-0.2, 0) is 9.59 Å². The van der Waals surface area contributed by atoms with Gasteiger partial charge >= 0.3 is 12.1 Å². The highest BCUT2D eigenvalue weighted by Gasteiger charge is 2.36. The van der Waals surface area contributed by atoms with E-state index in [-0.39, 0.29) is 6.42 Å². The molecule has 1 amide bonds. The monoisotopic (exact) mass is 296 g/mol. The molecule has 0 bridgehead atoms. The Hall–Kier alpha value is -1.31. The molecule has 0 aromatic carbocycles. The van der Waals surface area contributed by atoms with Gasteiger partial charge in [-0.3, -0.25) is 9.59 Å². The molecule has 0 saturated heterocycles. The molecule has 1 rings (SSSR count). The molecule has 0 aromatic rings. The minimum Gasteiger partial charge on any atom is -0.481 e. The van der Waals surface area contributed by atoms with Crippen molar-refractivity contribution in [3.63, 3.8) is 0 Å². The summed E-state index contributed by atoms with van der Waals surface area (Å²) in [6.45, 7) is -1.72. The largest absolute Gasteiger partial charge is 0.481 e. The van der Waals surface area contributed by atoms with Crippen LogP contribution in [0.15, 0.2) is 0 Å². The van der Waals surface area contributed by atoms with E-state index in [1.807, 2.05) is 5.32 Å². The molecule has 3 N–H and O–H groups in total. The maximum Gasteiger partial charge on any atom is 0.401 e. The number of hydrogen-bond donors (Lipinski definition) is 3. The third-order valence-electron chi connectivity index (χ3n) is 3.32. The van der Waals surface area contributed by atoms with E-state index in [2.05, 4.69) is 5.32 Å². The van der Waals surface area contributed by atoms with Crippen LogP contribution in [0.3, 0.4) is 0 Å². The summed E-state index contributed by atoms with van der Waals surface area (Å²) in [5.74, 6) is -1.62. The van der Waals surface area contributed by atoms with Crippen molar-refractivity contribution < 1.29 is 27.9 Å². The third-order valence-corrected chi connectivity index (χ3v) is 3.32. The number of aliphatic carboxylic acids is 1. The predicted molar refractivity (Wildman–Crippen MR) is 65.1 cm³/mol. The fourth-order valence-electron chi connectivity index (χ4n) is 2.52. The Morgan fingerprint density at radius 3 is 2.25 bits per heavy atom. The Kier molecular flexibility index (Phi) is 5.79. The fraction of sp³-hybridized carbons (Fsp3) is 0.833. The van der Waals surface area contributed by atoms with Crippen LogP contribution >= 0.6 is 0 Å². The van der Waals surface area contributed by atoms with Gasteiger partial charge in [0.1, 0.15) is 0 Å². The van der Waals surface area contributed by atoms with E-state index in [0.717, 1.165) is 19.3 Å². The van der Waals surface area contributed by atoms with Crippen molar-refractivity contribution in [1.29, 1.82) is 0 Å². The van der Waals surface area contributed by atoms with Crippen molar-refractivity contribution in [2.45, 2.75) is 50.2 Å². The number of carbonyl (C=O) groups excluding carboxylic acids is 1. The predicted octanol–water partition coefficient (Wildman–Crippen LogP) is 1.43. The molecule has 1 fully saturated rings. The van der Waals surface area contributed by atoms with Gasteiger partial charge in [0.25, 0.3) is 0 Å². The SMILES string of the molecule is O=C(O)CC1(NC(=O)CNCC(F)(F)F)CCCCC1. The Morgan fingerprint density at radius 1 is 1.15 bits per heavy atom. The van der Waals surface area contributed by atoms with Crippen LogP contribution in [0.2, 0.25) is 0 Å². The highest BCUT2D eigenvalue weighted by Crippen LogP contribution is 2.31. The van der Waals surface area contributed by atoms with Crippen molar-refractivity contribution in [1.82, 2.24) is 10.6 Å². The summed E-state index contributed by atoms with van der Waals surface area (Å²) in [7, 11) is 0. The lowest BCUT2D eigenvalue weighted by molar-refractivity contribution is -0.139. The number of carbonyl (C=O) groups is 2. The van der Waals surface area contributed by atoms with Crippen molar-refractivity contribution in [3.05, 3.63) is 0 Å². The van der Waals surface area contributed by atoms with Gasteiger partial charge in [0.2, 0.25) is 5.91 Å². The van der Waals surface area contributed by atoms with Gasteiger partial charge < -0.3 is 15.7 Å². The van der Waals surface area contributed by atoms with E-state index in [1.165, 1.54) is 0 Å². The standard InChI is InChI=1S/C12H19F3N2O3/c13-12(14,15)8-16-7-9(18)17-11(6-10(19)20)4-2-1-3-5-11/h16H,1-8H2,(H,17,18)(H,19,20). The first-order valence-corrected chi connectivity index (χ1v) is 6.53. The van der Waals surface area contributed by atoms with E-state index in [9.17, 15) is 22.8 Å². The molecular weight excluding hydrogens is 277 g/mol. The van der Waals surface area contributed by atoms with Gasteiger partial charge in [0.05, 0.1) is 25.0 Å². The quantitative estimate of drug-likeness (QED) is 0.693. The second-order valence-corrected chi connectivity index (χ2v) is 5.18. The summed E-state index contributed by atoms with van der Waals surface area (Å²) in [5.41, 5.74) is -0.818. The average Bonchev–Trinajstić information content (AvgIpc) is 2.26. The van der Waals surface area contributed by atoms with Crippen LogP contribution in [0.5, 0.6) is 0 Å². The number of carboxylic acid groups (broad SMARTS) is 1. The van der Waals surface area contributed by atoms with Gasteiger partial charge in [-0.1, -0.05) is 19.3 Å². The molecule has 0 atom stereocenters. The van der Waals surface area contributed by atoms with Gasteiger partial charge in [0, 0.05) is 0 Å². The number of nitrogens with one attached hydrogen (secondary N) is 2. The molecule has 0 spiro atoms. The number of halogens is 3. The van der Waals surface area contributed by atoms with E-state index < -0.39 is 36.7 Å². The third kappa shape index (κ3) is 6.23. The minimum absolute atomic E-state index is 0.196. The molecule has 8 heteroatoms. The Morgan fingerprint density at radius 2 is 1.75 bits per heavy atom. The number of hydrogen-bond acceptors (Lipinski definition) is 3. The summed E-state index contributed by atoms with van der Waals surface area (Å²) >= 11 is 0. The molecule has 0 aromatic heterocycles. The zero-order chi connectivity index (χ0) is 15.2. The highest BCUT2D eigenvalue weighted by atomic mass is 19.4.